The molecule has 0 aliphatic carbocycles. The number of nitrogens with zero attached hydrogens (tertiary/aromatic N) is 2. The average Bonchev–Trinajstić information content (AvgIpc) is 2.58. The fraction of sp³-hybridized carbons (Fsp3) is 0.600. The molecule has 94 valence electrons. The predicted octanol–water partition coefficient (Wildman–Crippen LogP) is 0.438. The van der Waals surface area contributed by atoms with Crippen LogP contribution in [-0.2, 0) is 4.74 Å². The Morgan fingerprint density at radius 2 is 2.06 bits per heavy atom. The van der Waals surface area contributed by atoms with E-state index in [9.17, 15) is 4.79 Å². The largest absolute Gasteiger partial charge is 0.382 e. The van der Waals surface area contributed by atoms with Gasteiger partial charge in [0.2, 0.25) is 0 Å². The molecule has 1 aliphatic rings. The van der Waals surface area contributed by atoms with Gasteiger partial charge in [0.15, 0.2) is 5.82 Å². The lowest BCUT2D eigenvalue weighted by Gasteiger charge is -2.36. The van der Waals surface area contributed by atoms with Crippen LogP contribution in [0.2, 0.25) is 0 Å². The van der Waals surface area contributed by atoms with E-state index in [4.69, 9.17) is 16.2 Å². The average molecular weight is 256 g/mol. The minimum Gasteiger partial charge on any atom is -0.382 e. The lowest BCUT2D eigenvalue weighted by Crippen LogP contribution is -2.45. The van der Waals surface area contributed by atoms with Gasteiger partial charge in [-0.05, 0) is 25.4 Å². The van der Waals surface area contributed by atoms with Crippen molar-refractivity contribution in [3.05, 3.63) is 5.56 Å². The van der Waals surface area contributed by atoms with Crippen LogP contribution in [0.25, 0.3) is 0 Å². The van der Waals surface area contributed by atoms with E-state index in [1.807, 2.05) is 13.8 Å². The van der Waals surface area contributed by atoms with Gasteiger partial charge in [-0.3, -0.25) is 4.79 Å². The van der Waals surface area contributed by atoms with Crippen molar-refractivity contribution in [2.45, 2.75) is 26.1 Å². The highest BCUT2D eigenvalue weighted by molar-refractivity contribution is 7.11. The molecule has 2 rings (SSSR count). The number of carbonyl (C=O) groups excluding carboxylic acids is 1. The van der Waals surface area contributed by atoms with Crippen molar-refractivity contribution in [3.8, 4) is 0 Å². The van der Waals surface area contributed by atoms with Gasteiger partial charge in [-0.25, -0.2) is 0 Å². The van der Waals surface area contributed by atoms with Gasteiger partial charge >= 0.3 is 0 Å². The van der Waals surface area contributed by atoms with Gasteiger partial charge in [-0.2, -0.15) is 4.37 Å². The van der Waals surface area contributed by atoms with Gasteiger partial charge in [0, 0.05) is 13.1 Å². The van der Waals surface area contributed by atoms with E-state index in [1.54, 1.807) is 0 Å². The molecule has 1 aliphatic heterocycles. The molecule has 1 aromatic rings. The van der Waals surface area contributed by atoms with E-state index in [1.165, 1.54) is 11.5 Å². The summed E-state index contributed by atoms with van der Waals surface area (Å²) in [5, 5.41) is 0.747. The van der Waals surface area contributed by atoms with Crippen LogP contribution in [0.1, 0.15) is 24.2 Å². The van der Waals surface area contributed by atoms with E-state index in [-0.39, 0.29) is 18.0 Å². The normalized spacial score (nSPS) is 24.9. The van der Waals surface area contributed by atoms with E-state index in [2.05, 4.69) is 9.27 Å². The van der Waals surface area contributed by atoms with Crippen molar-refractivity contribution in [1.29, 1.82) is 0 Å². The fourth-order valence-corrected chi connectivity index (χ4v) is 2.92. The quantitative estimate of drug-likeness (QED) is 0.800. The summed E-state index contributed by atoms with van der Waals surface area (Å²) in [5.41, 5.74) is 11.3. The first-order valence-corrected chi connectivity index (χ1v) is 6.21. The standard InChI is InChI=1S/C10H16N4O2S/c1-5-3-14(4-6(2)16-5)10-7(9(12)15)8(11)13-17-10/h5-6H,3-4H2,1-2H3,(H2,11,13)(H2,12,15)/t5-,6+. The Balaban J connectivity index is 2.30. The molecule has 1 fully saturated rings. The highest BCUT2D eigenvalue weighted by Crippen LogP contribution is 2.32. The van der Waals surface area contributed by atoms with Gasteiger partial charge in [-0.1, -0.05) is 0 Å². The van der Waals surface area contributed by atoms with Gasteiger partial charge in [0.05, 0.1) is 12.2 Å². The molecule has 0 radical (unpaired) electrons. The van der Waals surface area contributed by atoms with Crippen LogP contribution in [-0.4, -0.2) is 35.6 Å². The number of rotatable bonds is 2. The van der Waals surface area contributed by atoms with Crippen LogP contribution >= 0.6 is 11.5 Å². The zero-order valence-corrected chi connectivity index (χ0v) is 10.7. The molecule has 2 atom stereocenters. The number of hydrogen-bond donors (Lipinski definition) is 2. The molecule has 0 saturated carbocycles. The number of morpholine rings is 1. The van der Waals surface area contributed by atoms with Crippen molar-refractivity contribution in [2.24, 2.45) is 5.73 Å². The van der Waals surface area contributed by atoms with Crippen molar-refractivity contribution in [3.63, 3.8) is 0 Å². The van der Waals surface area contributed by atoms with Crippen molar-refractivity contribution in [2.75, 3.05) is 23.7 Å². The maximum atomic E-state index is 11.4. The number of aromatic nitrogens is 1. The minimum absolute atomic E-state index is 0.114. The third-order valence-electron chi connectivity index (χ3n) is 2.65. The molecule has 2 heterocycles. The number of nitrogens with two attached hydrogens (primary N) is 2. The molecule has 1 aromatic heterocycles. The lowest BCUT2D eigenvalue weighted by molar-refractivity contribution is -0.00505. The van der Waals surface area contributed by atoms with Gasteiger partial charge in [0.25, 0.3) is 5.91 Å². The van der Waals surface area contributed by atoms with Crippen LogP contribution in [0, 0.1) is 0 Å². The smallest absolute Gasteiger partial charge is 0.255 e. The lowest BCUT2D eigenvalue weighted by atomic mass is 10.2. The second-order valence-corrected chi connectivity index (χ2v) is 5.03. The minimum atomic E-state index is -0.530. The van der Waals surface area contributed by atoms with Crippen LogP contribution in [0.3, 0.4) is 0 Å². The predicted molar refractivity (Wildman–Crippen MR) is 67.3 cm³/mol. The Morgan fingerprint density at radius 1 is 1.47 bits per heavy atom. The molecule has 6 nitrogen and oxygen atoms in total. The summed E-state index contributed by atoms with van der Waals surface area (Å²) in [6.45, 7) is 5.42. The molecule has 1 amide bonds. The van der Waals surface area contributed by atoms with Gasteiger partial charge in [-0.15, -0.1) is 0 Å². The summed E-state index contributed by atoms with van der Waals surface area (Å²) >= 11 is 1.21. The zero-order chi connectivity index (χ0) is 12.6. The molecular weight excluding hydrogens is 240 g/mol. The van der Waals surface area contributed by atoms with Crippen LogP contribution in [0.15, 0.2) is 0 Å². The molecule has 0 bridgehead atoms. The molecule has 7 heteroatoms. The van der Waals surface area contributed by atoms with Crippen LogP contribution in [0.5, 0.6) is 0 Å². The summed E-state index contributed by atoms with van der Waals surface area (Å²) in [5.74, 6) is -0.317. The van der Waals surface area contributed by atoms with Crippen molar-refractivity contribution < 1.29 is 9.53 Å². The highest BCUT2D eigenvalue weighted by atomic mass is 32.1. The second kappa shape index (κ2) is 4.50. The Morgan fingerprint density at radius 3 is 2.59 bits per heavy atom. The summed E-state index contributed by atoms with van der Waals surface area (Å²) in [7, 11) is 0. The number of ether oxygens (including phenoxy) is 1. The van der Waals surface area contributed by atoms with Gasteiger partial charge < -0.3 is 21.1 Å². The molecule has 4 N–H and O–H groups in total. The van der Waals surface area contributed by atoms with E-state index in [0.717, 1.165) is 5.00 Å². The first-order valence-electron chi connectivity index (χ1n) is 5.44. The first kappa shape index (κ1) is 12.1. The van der Waals surface area contributed by atoms with Crippen LogP contribution < -0.4 is 16.4 Å². The zero-order valence-electron chi connectivity index (χ0n) is 9.84. The summed E-state index contributed by atoms with van der Waals surface area (Å²) in [4.78, 5) is 13.4. The molecule has 0 aromatic carbocycles. The van der Waals surface area contributed by atoms with Crippen molar-refractivity contribution >= 4 is 28.3 Å². The van der Waals surface area contributed by atoms with E-state index >= 15 is 0 Å². The van der Waals surface area contributed by atoms with E-state index in [0.29, 0.717) is 18.7 Å². The van der Waals surface area contributed by atoms with Crippen molar-refractivity contribution in [1.82, 2.24) is 4.37 Å². The van der Waals surface area contributed by atoms with Gasteiger partial charge in [0.1, 0.15) is 10.6 Å². The van der Waals surface area contributed by atoms with Crippen LogP contribution in [0.4, 0.5) is 10.8 Å². The summed E-state index contributed by atoms with van der Waals surface area (Å²) < 4.78 is 9.64. The Kier molecular flexibility index (Phi) is 3.21. The molecule has 17 heavy (non-hydrogen) atoms. The topological polar surface area (TPSA) is 94.5 Å². The molecule has 1 saturated heterocycles. The molecule has 0 unspecified atom stereocenters. The van der Waals surface area contributed by atoms with E-state index < -0.39 is 5.91 Å². The number of carbonyl (C=O) groups is 1. The molecule has 0 spiro atoms. The number of nitrogen functional groups attached to an aromatic ring is 1. The first-order chi connectivity index (χ1) is 7.99. The monoisotopic (exact) mass is 256 g/mol. The number of amides is 1. The maximum absolute atomic E-state index is 11.4. The Bertz CT molecular complexity index is 424. The summed E-state index contributed by atoms with van der Waals surface area (Å²) in [6, 6.07) is 0. The number of primary amides is 1. The molecular formula is C10H16N4O2S. The SMILES string of the molecule is C[C@@H]1CN(c2snc(N)c2C(N)=O)C[C@H](C)O1. The third kappa shape index (κ3) is 2.34. The fourth-order valence-electron chi connectivity index (χ4n) is 2.08. The second-order valence-electron chi connectivity index (χ2n) is 4.27. The Hall–Kier alpha value is -1.34. The summed E-state index contributed by atoms with van der Waals surface area (Å²) in [6.07, 6.45) is 0.227. The number of anilines is 2. The Labute approximate surface area is 104 Å². The third-order valence-corrected chi connectivity index (χ3v) is 3.58. The number of hydrogen-bond acceptors (Lipinski definition) is 6. The highest BCUT2D eigenvalue weighted by Gasteiger charge is 2.28. The maximum Gasteiger partial charge on any atom is 0.255 e.